The average Bonchev–Trinajstić information content (AvgIpc) is 1.45. The monoisotopic (exact) mass is 1900 g/mol. The van der Waals surface area contributed by atoms with Crippen molar-refractivity contribution in [3.8, 4) is 0 Å². The summed E-state index contributed by atoms with van der Waals surface area (Å²) in [6.45, 7) is 12.3. The summed E-state index contributed by atoms with van der Waals surface area (Å²) in [5.74, 6) is 14.5. The van der Waals surface area contributed by atoms with Gasteiger partial charge in [-0.05, 0) is 408 Å². The fourth-order valence-corrected chi connectivity index (χ4v) is 36.5. The molecule has 0 saturated heterocycles. The number of halogens is 2. The minimum atomic E-state index is -0.648. The standard InChI is InChI=1S/2C28H38FN3O3.2C27H38N4O3/c1-27-11-9-20-19-10-12-28(34,16-35-2)14-17(19)3-5-21(20)22(27)6-7-23(27)26(33)15-32-25-13-18(29)4-8-24(25)30-31-32;1-27-11-9-20-19-10-12-28(34,16-35-2)14-17(19)3-5-21(20)22(27)6-7-23(27)26(33)15-32-30-24-8-4-18(29)13-25(24)31-32;1-26-10-7-19-18-8-11-27(33,16-34-2)13-17(18)3-4-20(19)21(26)5-6-22(26)25(32)15-31-24-9-12-28-14-23(24)29-30-31;1-26-10-7-19-18-8-11-27(33,16-34-2)13-17(18)3-4-20(19)21(26)5-6-22(26)25(32)15-31-24-14-28-12-9-23(24)29-30-31/h2*4,8,13,17,19-23,34H,3,5-7,9-12,14-16H2,1-2H3;2*9,12,14,17-22,33H,3-8,10-11,13,15-16H2,1-2H3/t2*17-,19-,20+,21+,22-,23+,27-,28+;2*17-,18-,19+,20+,21-,22+,26-,27+/m0000/s1. The zero-order valence-corrected chi connectivity index (χ0v) is 83.0. The minimum Gasteiger partial charge on any atom is -0.387 e. The number of aromatic nitrogens is 14. The van der Waals surface area contributed by atoms with Crippen molar-refractivity contribution in [3.05, 3.63) is 85.0 Å². The topological polar surface area (TPSA) is 335 Å². The Balaban J connectivity index is 0.000000110. The summed E-state index contributed by atoms with van der Waals surface area (Å²) in [5.41, 5.74) is 3.34. The number of hydrogen-bond acceptors (Lipinski definition) is 22. The predicted octanol–water partition coefficient (Wildman–Crippen LogP) is 17.7. The molecule has 0 unspecified atom stereocenters. The zero-order valence-electron chi connectivity index (χ0n) is 83.0. The van der Waals surface area contributed by atoms with Crippen molar-refractivity contribution in [2.45, 2.75) is 307 Å². The number of pyridine rings is 2. The average molecular weight is 1900 g/mol. The molecule has 16 saturated carbocycles. The second-order valence-electron chi connectivity index (χ2n) is 48.9. The van der Waals surface area contributed by atoms with Crippen LogP contribution >= 0.6 is 0 Å². The van der Waals surface area contributed by atoms with E-state index in [0.29, 0.717) is 144 Å². The van der Waals surface area contributed by atoms with Gasteiger partial charge in [0.1, 0.15) is 70.9 Å². The van der Waals surface area contributed by atoms with Crippen LogP contribution in [0.1, 0.15) is 259 Å². The first-order chi connectivity index (χ1) is 66.4. The van der Waals surface area contributed by atoms with Crippen LogP contribution in [0, 0.1) is 175 Å². The molecule has 6 aromatic heterocycles. The molecule has 0 spiro atoms. The van der Waals surface area contributed by atoms with E-state index in [1.54, 1.807) is 79.4 Å². The van der Waals surface area contributed by atoms with Crippen LogP contribution in [0.5, 0.6) is 0 Å². The van der Waals surface area contributed by atoms with Crippen LogP contribution in [-0.4, -0.2) is 191 Å². The van der Waals surface area contributed by atoms with Gasteiger partial charge in [-0.25, -0.2) is 22.8 Å². The number of methoxy groups -OCH3 is 4. The largest absolute Gasteiger partial charge is 0.387 e. The van der Waals surface area contributed by atoms with Gasteiger partial charge in [0.2, 0.25) is 0 Å². The van der Waals surface area contributed by atoms with Crippen LogP contribution in [0.15, 0.2) is 73.3 Å². The van der Waals surface area contributed by atoms with E-state index in [4.69, 9.17) is 18.9 Å². The first-order valence-corrected chi connectivity index (χ1v) is 53.7. The van der Waals surface area contributed by atoms with Crippen molar-refractivity contribution >= 4 is 67.3 Å². The Morgan fingerprint density at radius 3 is 1.04 bits per heavy atom. The van der Waals surface area contributed by atoms with Crippen molar-refractivity contribution < 1.29 is 67.3 Å². The number of hydrogen-bond donors (Lipinski definition) is 4. The lowest BCUT2D eigenvalue weighted by atomic mass is 9.49. The van der Waals surface area contributed by atoms with Crippen molar-refractivity contribution in [2.24, 2.45) is 164 Å². The molecule has 24 rings (SSSR count). The van der Waals surface area contributed by atoms with Gasteiger partial charge in [-0.3, -0.25) is 29.1 Å². The molecule has 6 heterocycles. The molecule has 0 bridgehead atoms. The van der Waals surface area contributed by atoms with E-state index >= 15 is 0 Å². The van der Waals surface area contributed by atoms with Gasteiger partial charge < -0.3 is 39.4 Å². The molecule has 16 aliphatic rings. The molecule has 16 fully saturated rings. The lowest BCUT2D eigenvalue weighted by Crippen LogP contribution is -2.52. The smallest absolute Gasteiger partial charge is 0.159 e. The number of ether oxygens (including phenoxy) is 4. The second kappa shape index (κ2) is 38.3. The van der Waals surface area contributed by atoms with Crippen molar-refractivity contribution in [1.29, 1.82) is 0 Å². The van der Waals surface area contributed by atoms with Gasteiger partial charge in [-0.1, -0.05) is 43.3 Å². The van der Waals surface area contributed by atoms with Crippen LogP contribution in [0.4, 0.5) is 8.78 Å². The van der Waals surface area contributed by atoms with Crippen LogP contribution < -0.4 is 0 Å². The van der Waals surface area contributed by atoms with Crippen molar-refractivity contribution in [3.63, 3.8) is 0 Å². The first-order valence-electron chi connectivity index (χ1n) is 53.7. The van der Waals surface area contributed by atoms with E-state index in [1.165, 1.54) is 119 Å². The Morgan fingerprint density at radius 1 is 0.326 bits per heavy atom. The van der Waals surface area contributed by atoms with Crippen LogP contribution in [0.3, 0.4) is 0 Å². The number of benzene rings is 2. The van der Waals surface area contributed by atoms with Gasteiger partial charge >= 0.3 is 0 Å². The molecular formula is C110H152F2N14O12. The third-order valence-corrected chi connectivity index (χ3v) is 42.3. The van der Waals surface area contributed by atoms with Gasteiger partial charge in [0.25, 0.3) is 0 Å². The lowest BCUT2D eigenvalue weighted by Gasteiger charge is -2.57. The highest BCUT2D eigenvalue weighted by Gasteiger charge is 2.65. The maximum Gasteiger partial charge on any atom is 0.159 e. The Hall–Kier alpha value is -7.44. The SMILES string of the molecule is COC[C@@]1(O)CC[C@H]2[C@@H](CC[C@@H]3[C@@H]2CC[C@]2(C)[C@@H](C(=O)Cn4nc5ccc(F)cc5n4)CC[C@@H]32)C1.COC[C@@]1(O)CC[C@H]2[C@@H](CC[C@@H]3[C@@H]2CC[C@]2(C)[C@@H](C(=O)Cn4nnc5ccc(F)cc54)CC[C@@H]32)C1.COC[C@@]1(O)CC[C@H]2[C@@H](CC[C@@H]3[C@@H]2CC[C@]2(C)[C@@H](C(=O)Cn4nnc5ccncc54)CC[C@@H]32)C1.COC[C@@]1(O)CC[C@H]2[C@@H](CC[C@@H]3[C@@H]2CC[C@]2(C)[C@@H](C(=O)Cn4nnc5cnccc54)CC[C@@H]32)C1. The van der Waals surface area contributed by atoms with Crippen LogP contribution in [0.25, 0.3) is 44.1 Å². The van der Waals surface area contributed by atoms with E-state index in [2.05, 4.69) is 78.8 Å². The molecule has 28 heteroatoms. The number of carbonyl (C=O) groups is 4. The van der Waals surface area contributed by atoms with Crippen molar-refractivity contribution in [1.82, 2.24) is 69.9 Å². The van der Waals surface area contributed by atoms with E-state index < -0.39 is 22.4 Å². The molecule has 2 aromatic carbocycles. The molecule has 16 aliphatic carbocycles. The number of fused-ring (bicyclic) bond motifs is 24. The zero-order chi connectivity index (χ0) is 95.7. The maximum atomic E-state index is 13.8. The Labute approximate surface area is 811 Å². The fourth-order valence-electron chi connectivity index (χ4n) is 36.5. The number of ketones is 4. The normalized spacial score (nSPS) is 41.2. The second-order valence-corrected chi connectivity index (χ2v) is 48.9. The van der Waals surface area contributed by atoms with E-state index in [9.17, 15) is 48.4 Å². The summed E-state index contributed by atoms with van der Waals surface area (Å²) in [4.78, 5) is 64.1. The molecule has 26 nitrogen and oxygen atoms in total. The van der Waals surface area contributed by atoms with E-state index in [-0.39, 0.29) is 81.6 Å². The fraction of sp³-hybridized carbons (Fsp3) is 0.764. The number of rotatable bonds is 20. The molecule has 138 heavy (non-hydrogen) atoms. The maximum absolute atomic E-state index is 13.8. The first kappa shape index (κ1) is 96.7. The summed E-state index contributed by atoms with van der Waals surface area (Å²) in [5, 5.41) is 77.9. The lowest BCUT2D eigenvalue weighted by molar-refractivity contribution is -0.137. The minimum absolute atomic E-state index is 0.0390. The summed E-state index contributed by atoms with van der Waals surface area (Å²) in [6, 6.07) is 12.5. The Bertz CT molecular complexity index is 5580. The Morgan fingerprint density at radius 2 is 0.645 bits per heavy atom. The van der Waals surface area contributed by atoms with E-state index in [0.717, 1.165) is 211 Å². The molecule has 0 aliphatic heterocycles. The van der Waals surface area contributed by atoms with Gasteiger partial charge in [0, 0.05) is 76.6 Å². The number of Topliss-reactive ketones (excluding diaryl/α,β-unsaturated/α-hetero) is 4. The number of aliphatic hydroxyl groups is 4. The molecule has 748 valence electrons. The Kier molecular flexibility index (Phi) is 26.8. The molecule has 4 N–H and O–H groups in total. The third-order valence-electron chi connectivity index (χ3n) is 42.3. The molecule has 32 atom stereocenters. The van der Waals surface area contributed by atoms with Gasteiger partial charge in [-0.2, -0.15) is 15.0 Å². The molecule has 0 radical (unpaired) electrons. The summed E-state index contributed by atoms with van der Waals surface area (Å²) in [7, 11) is 6.77. The molecule has 0 amide bonds. The quantitative estimate of drug-likeness (QED) is 0.0551. The molecule has 8 aromatic rings. The summed E-state index contributed by atoms with van der Waals surface area (Å²) in [6.07, 6.45) is 46.2. The highest BCUT2D eigenvalue weighted by molar-refractivity contribution is 5.86. The summed E-state index contributed by atoms with van der Waals surface area (Å²) < 4.78 is 53.8. The van der Waals surface area contributed by atoms with Gasteiger partial charge in [0.05, 0.1) is 72.3 Å². The number of carbonyl (C=O) groups excluding carboxylic acids is 4. The molecular weight excluding hydrogens is 1750 g/mol. The van der Waals surface area contributed by atoms with Crippen LogP contribution in [0.2, 0.25) is 0 Å². The highest BCUT2D eigenvalue weighted by Crippen LogP contribution is 2.71. The van der Waals surface area contributed by atoms with Gasteiger partial charge in [0.15, 0.2) is 23.1 Å². The van der Waals surface area contributed by atoms with E-state index in [1.807, 2.05) is 12.1 Å². The van der Waals surface area contributed by atoms with Crippen molar-refractivity contribution in [2.75, 3.05) is 54.9 Å². The van der Waals surface area contributed by atoms with Gasteiger partial charge in [-0.15, -0.1) is 15.3 Å². The van der Waals surface area contributed by atoms with Crippen LogP contribution in [-0.2, 0) is 64.3 Å². The predicted molar refractivity (Wildman–Crippen MR) is 515 cm³/mol. The summed E-state index contributed by atoms with van der Waals surface area (Å²) >= 11 is 0. The number of nitrogens with zero attached hydrogens (tertiary/aromatic N) is 14. The highest BCUT2D eigenvalue weighted by atomic mass is 19.1. The third kappa shape index (κ3) is 17.7.